The number of pyridine rings is 1. The van der Waals surface area contributed by atoms with Crippen molar-refractivity contribution in [3.63, 3.8) is 0 Å². The van der Waals surface area contributed by atoms with Crippen molar-refractivity contribution in [2.75, 3.05) is 57.5 Å². The van der Waals surface area contributed by atoms with E-state index in [0.29, 0.717) is 49.6 Å². The molecule has 4 heterocycles. The molecule has 3 aliphatic rings. The molecule has 75 heavy (non-hydrogen) atoms. The summed E-state index contributed by atoms with van der Waals surface area (Å²) in [7, 11) is 0. The van der Waals surface area contributed by atoms with E-state index in [1.807, 2.05) is 50.8 Å². The van der Waals surface area contributed by atoms with Crippen molar-refractivity contribution in [1.29, 1.82) is 0 Å². The van der Waals surface area contributed by atoms with Gasteiger partial charge in [-0.2, -0.15) is 23.5 Å². The largest absolute Gasteiger partial charge is 0.394 e. The van der Waals surface area contributed by atoms with Gasteiger partial charge < -0.3 is 62.4 Å². The summed E-state index contributed by atoms with van der Waals surface area (Å²) in [5.74, 6) is -2.91. The van der Waals surface area contributed by atoms with E-state index in [1.54, 1.807) is 0 Å². The molecule has 8 atom stereocenters. The molecule has 2 fully saturated rings. The van der Waals surface area contributed by atoms with Crippen LogP contribution in [0.4, 0.5) is 0 Å². The normalized spacial score (nSPS) is 23.0. The molecule has 0 aliphatic carbocycles. The van der Waals surface area contributed by atoms with Gasteiger partial charge in [-0.05, 0) is 62.8 Å². The Balaban J connectivity index is 1.43. The SMILES string of the molecule is C=NC(=O)[C@@H](CCC(=O)NCC[C@@H](O)[C@H](O)[C@H](O)CO)NC(=O)CN1CCC(NC(=O)[C@@H]2CSCc3cccc(n3)CSCCC(=O)NC3(CCOCC3)C(=O)N[C@@H](CC(C)C)C(=O)N[C@@H]([C@@H](C)CC)C(=O)N2)CC1. The predicted octanol–water partition coefficient (Wildman–Crippen LogP) is -1.18. The summed E-state index contributed by atoms with van der Waals surface area (Å²) in [6, 6.07) is 1.06. The summed E-state index contributed by atoms with van der Waals surface area (Å²) in [6.07, 6.45) is -2.72. The number of carbonyl (C=O) groups is 8. The van der Waals surface area contributed by atoms with E-state index >= 15 is 0 Å². The monoisotopic (exact) mass is 1090 g/mol. The van der Waals surface area contributed by atoms with Gasteiger partial charge in [0.25, 0.3) is 5.91 Å². The Kier molecular flexibility index (Phi) is 26.9. The molecule has 0 aromatic carbocycles. The average molecular weight is 1090 g/mol. The van der Waals surface area contributed by atoms with Crippen molar-refractivity contribution >= 4 is 77.5 Å². The van der Waals surface area contributed by atoms with Crippen molar-refractivity contribution < 1.29 is 63.5 Å². The Morgan fingerprint density at radius 2 is 1.61 bits per heavy atom. The maximum absolute atomic E-state index is 14.4. The summed E-state index contributed by atoms with van der Waals surface area (Å²) in [4.78, 5) is 119. The van der Waals surface area contributed by atoms with E-state index in [-0.39, 0.29) is 101 Å². The number of piperidine rings is 1. The lowest BCUT2D eigenvalue weighted by Gasteiger charge is -2.38. The van der Waals surface area contributed by atoms with Crippen LogP contribution in [0.25, 0.3) is 0 Å². The second-order valence-corrected chi connectivity index (χ2v) is 22.1. The first-order valence-corrected chi connectivity index (χ1v) is 28.2. The molecule has 3 aliphatic heterocycles. The molecule has 420 valence electrons. The molecule has 23 nitrogen and oxygen atoms in total. The molecule has 4 rings (SSSR count). The van der Waals surface area contributed by atoms with E-state index in [9.17, 15) is 53.7 Å². The standard InChI is InChI=1S/C50H80N10O13S2/c1-6-31(4)43-48(71)56-37(47(70)54-32-13-19-60(20-14-32)25-42(66)55-35(45(68)51-5)10-11-40(64)52-18-12-38(62)44(67)39(63)26-61)29-75-28-34-9-7-8-33(53-34)27-74-23-15-41(65)59-50(16-21-73-22-17-50)49(72)57-36(24-30(2)3)46(69)58-43/h7-9,30-32,35-39,43-44,61-63,67H,5-6,10-29H2,1-4H3,(H,52,64)(H,54,70)(H,55,66)(H,56,71)(H,57,72)(H,58,69)(H,59,65)/t31-,35+,36-,37-,38+,39+,43-,44-/m0/s1. The third-order valence-electron chi connectivity index (χ3n) is 13.5. The first-order valence-electron chi connectivity index (χ1n) is 25.9. The van der Waals surface area contributed by atoms with Crippen molar-refractivity contribution in [1.82, 2.24) is 47.1 Å². The molecule has 2 bridgehead atoms. The van der Waals surface area contributed by atoms with Crippen LogP contribution in [-0.2, 0) is 54.6 Å². The van der Waals surface area contributed by atoms with E-state index < -0.39 is 96.0 Å². The van der Waals surface area contributed by atoms with Gasteiger partial charge in [0.05, 0.1) is 30.6 Å². The lowest BCUT2D eigenvalue weighted by Crippen LogP contribution is -2.65. The van der Waals surface area contributed by atoms with Crippen LogP contribution >= 0.6 is 23.5 Å². The van der Waals surface area contributed by atoms with E-state index in [2.05, 4.69) is 48.9 Å². The number of rotatable bonds is 19. The number of aliphatic hydroxyl groups is 4. The molecule has 0 saturated carbocycles. The third-order valence-corrected chi connectivity index (χ3v) is 15.6. The number of carbonyl (C=O) groups excluding carboxylic acids is 8. The summed E-state index contributed by atoms with van der Waals surface area (Å²) >= 11 is 2.94. The number of hydrogen-bond donors (Lipinski definition) is 11. The summed E-state index contributed by atoms with van der Waals surface area (Å²) in [5.41, 5.74) is 0.277. The number of nitrogens with zero attached hydrogens (tertiary/aromatic N) is 3. The predicted molar refractivity (Wildman–Crippen MR) is 283 cm³/mol. The highest BCUT2D eigenvalue weighted by Crippen LogP contribution is 2.24. The zero-order chi connectivity index (χ0) is 55.1. The van der Waals surface area contributed by atoms with Crippen LogP contribution in [0, 0.1) is 11.8 Å². The topological polar surface area (TPSA) is 339 Å². The van der Waals surface area contributed by atoms with Crippen LogP contribution in [0.5, 0.6) is 0 Å². The molecule has 2 saturated heterocycles. The number of ether oxygens (including phenoxy) is 1. The number of aliphatic imine (C=N–C) groups is 1. The highest BCUT2D eigenvalue weighted by Gasteiger charge is 2.43. The summed E-state index contributed by atoms with van der Waals surface area (Å²) in [6.45, 7) is 11.2. The highest BCUT2D eigenvalue weighted by atomic mass is 32.2. The molecular weight excluding hydrogens is 1010 g/mol. The molecule has 0 radical (unpaired) electrons. The minimum atomic E-state index is -1.61. The Labute approximate surface area is 447 Å². The van der Waals surface area contributed by atoms with Gasteiger partial charge in [-0.3, -0.25) is 48.2 Å². The lowest BCUT2D eigenvalue weighted by atomic mass is 9.87. The van der Waals surface area contributed by atoms with Gasteiger partial charge in [0, 0.05) is 87.6 Å². The van der Waals surface area contributed by atoms with Gasteiger partial charge in [0.2, 0.25) is 41.4 Å². The van der Waals surface area contributed by atoms with Crippen molar-refractivity contribution in [2.45, 2.75) is 157 Å². The van der Waals surface area contributed by atoms with Crippen LogP contribution in [0.1, 0.15) is 103 Å². The number of aromatic nitrogens is 1. The lowest BCUT2D eigenvalue weighted by molar-refractivity contribution is -0.140. The van der Waals surface area contributed by atoms with Crippen molar-refractivity contribution in [3.8, 4) is 0 Å². The van der Waals surface area contributed by atoms with Gasteiger partial charge in [-0.15, -0.1) is 0 Å². The van der Waals surface area contributed by atoms with Crippen LogP contribution in [0.2, 0.25) is 0 Å². The molecule has 0 unspecified atom stereocenters. The maximum Gasteiger partial charge on any atom is 0.267 e. The molecule has 11 N–H and O–H groups in total. The molecular formula is C50H80N10O13S2. The van der Waals surface area contributed by atoms with Gasteiger partial charge in [-0.25, -0.2) is 4.99 Å². The van der Waals surface area contributed by atoms with Gasteiger partial charge in [0.1, 0.15) is 41.9 Å². The molecule has 1 aromatic heterocycles. The van der Waals surface area contributed by atoms with E-state index in [1.165, 1.54) is 23.5 Å². The van der Waals surface area contributed by atoms with Crippen LogP contribution in [0.3, 0.4) is 0 Å². The van der Waals surface area contributed by atoms with Gasteiger partial charge in [-0.1, -0.05) is 40.2 Å². The smallest absolute Gasteiger partial charge is 0.267 e. The Bertz CT molecular complexity index is 2080. The number of hydrogen-bond acceptors (Lipinski definition) is 17. The second kappa shape index (κ2) is 32.1. The number of amides is 8. The van der Waals surface area contributed by atoms with Gasteiger partial charge in [0.15, 0.2) is 0 Å². The molecule has 1 aromatic rings. The number of thioether (sulfide) groups is 2. The minimum absolute atomic E-state index is 0.0364. The quantitative estimate of drug-likeness (QED) is 0.0727. The first-order chi connectivity index (χ1) is 35.8. The Morgan fingerprint density at radius 1 is 0.933 bits per heavy atom. The van der Waals surface area contributed by atoms with Crippen LogP contribution < -0.4 is 37.2 Å². The zero-order valence-electron chi connectivity index (χ0n) is 43.7. The fourth-order valence-corrected chi connectivity index (χ4v) is 10.6. The average Bonchev–Trinajstić information content (AvgIpc) is 3.39. The number of fused-ring (bicyclic) bond motifs is 2. The van der Waals surface area contributed by atoms with Gasteiger partial charge >= 0.3 is 0 Å². The Morgan fingerprint density at radius 3 is 2.25 bits per heavy atom. The van der Waals surface area contributed by atoms with Crippen molar-refractivity contribution in [2.24, 2.45) is 16.8 Å². The van der Waals surface area contributed by atoms with Crippen molar-refractivity contribution in [3.05, 3.63) is 29.6 Å². The fraction of sp³-hybridized carbons (Fsp3) is 0.720. The summed E-state index contributed by atoms with van der Waals surface area (Å²) < 4.78 is 5.57. The number of aliphatic hydroxyl groups excluding tert-OH is 4. The minimum Gasteiger partial charge on any atom is -0.394 e. The van der Waals surface area contributed by atoms with E-state index in [0.717, 1.165) is 11.4 Å². The highest BCUT2D eigenvalue weighted by molar-refractivity contribution is 7.98. The van der Waals surface area contributed by atoms with Crippen LogP contribution in [-0.4, -0.2) is 196 Å². The second-order valence-electron chi connectivity index (χ2n) is 19.9. The van der Waals surface area contributed by atoms with Crippen LogP contribution in [0.15, 0.2) is 23.2 Å². The maximum atomic E-state index is 14.4. The number of nitrogens with one attached hydrogen (secondary N) is 7. The molecule has 8 amide bonds. The number of likely N-dealkylation sites (tertiary alicyclic amines) is 1. The zero-order valence-corrected chi connectivity index (χ0v) is 45.3. The molecule has 1 spiro atoms. The first kappa shape index (κ1) is 62.8. The molecule has 25 heteroatoms. The fourth-order valence-electron chi connectivity index (χ4n) is 8.78. The third kappa shape index (κ3) is 21.0. The Hall–Kier alpha value is -4.76. The van der Waals surface area contributed by atoms with E-state index in [4.69, 9.17) is 14.8 Å². The summed E-state index contributed by atoms with van der Waals surface area (Å²) in [5, 5.41) is 58.3.